The van der Waals surface area contributed by atoms with Crippen LogP contribution in [0.4, 0.5) is 11.5 Å². The second-order valence-electron chi connectivity index (χ2n) is 9.30. The Hall–Kier alpha value is -2.15. The molecular weight excluding hydrogens is 452 g/mol. The third-order valence-electron chi connectivity index (χ3n) is 6.99. The van der Waals surface area contributed by atoms with E-state index in [-0.39, 0.29) is 5.91 Å². The molecule has 0 unspecified atom stereocenters. The number of aromatic nitrogens is 1. The van der Waals surface area contributed by atoms with Crippen molar-refractivity contribution in [3.8, 4) is 0 Å². The smallest absolute Gasteiger partial charge is 0.224 e. The zero-order valence-corrected chi connectivity index (χ0v) is 20.7. The number of halogens is 1. The molecule has 1 N–H and O–H groups in total. The highest BCUT2D eigenvalue weighted by Gasteiger charge is 2.27. The molecule has 2 aromatic heterocycles. The lowest BCUT2D eigenvalue weighted by molar-refractivity contribution is -0.116. The number of pyridine rings is 1. The molecule has 174 valence electrons. The van der Waals surface area contributed by atoms with E-state index in [2.05, 4.69) is 28.1 Å². The fraction of sp³-hybridized carbons (Fsp3) is 0.462. The molecule has 0 aliphatic carbocycles. The molecule has 2 fully saturated rings. The fourth-order valence-electron chi connectivity index (χ4n) is 5.14. The molecule has 0 spiro atoms. The van der Waals surface area contributed by atoms with E-state index in [1.54, 1.807) is 0 Å². The minimum absolute atomic E-state index is 0.0137. The van der Waals surface area contributed by atoms with Crippen molar-refractivity contribution in [2.45, 2.75) is 51.5 Å². The second kappa shape index (κ2) is 10.00. The van der Waals surface area contributed by atoms with Crippen molar-refractivity contribution >= 4 is 51.3 Å². The number of amides is 1. The predicted octanol–water partition coefficient (Wildman–Crippen LogP) is 5.89. The van der Waals surface area contributed by atoms with E-state index in [1.165, 1.54) is 55.7 Å². The van der Waals surface area contributed by atoms with Crippen LogP contribution in [0.2, 0.25) is 4.34 Å². The van der Waals surface area contributed by atoms with Crippen LogP contribution >= 0.6 is 22.9 Å². The Morgan fingerprint density at radius 1 is 1.15 bits per heavy atom. The zero-order chi connectivity index (χ0) is 22.8. The van der Waals surface area contributed by atoms with Gasteiger partial charge in [-0.2, -0.15) is 0 Å². The molecule has 0 bridgehead atoms. The third-order valence-corrected chi connectivity index (χ3v) is 8.13. The quantitative estimate of drug-likeness (QED) is 0.475. The van der Waals surface area contributed by atoms with Crippen molar-refractivity contribution in [2.24, 2.45) is 0 Å². The van der Waals surface area contributed by atoms with Gasteiger partial charge < -0.3 is 15.1 Å². The number of anilines is 2. The van der Waals surface area contributed by atoms with Crippen LogP contribution in [0.15, 0.2) is 35.7 Å². The molecule has 4 heterocycles. The van der Waals surface area contributed by atoms with E-state index < -0.39 is 0 Å². The summed E-state index contributed by atoms with van der Waals surface area (Å²) in [6.45, 7) is 6.83. The molecule has 2 aliphatic rings. The van der Waals surface area contributed by atoms with Gasteiger partial charge in [0.15, 0.2) is 0 Å². The largest absolute Gasteiger partial charge is 0.356 e. The Labute approximate surface area is 204 Å². The first kappa shape index (κ1) is 22.6. The van der Waals surface area contributed by atoms with Gasteiger partial charge >= 0.3 is 0 Å². The summed E-state index contributed by atoms with van der Waals surface area (Å²) < 4.78 is 0.762. The van der Waals surface area contributed by atoms with Gasteiger partial charge in [0.05, 0.1) is 9.85 Å². The first-order valence-electron chi connectivity index (χ1n) is 12.0. The van der Waals surface area contributed by atoms with Gasteiger partial charge in [-0.1, -0.05) is 11.6 Å². The molecule has 7 heteroatoms. The van der Waals surface area contributed by atoms with Crippen molar-refractivity contribution in [1.82, 2.24) is 9.88 Å². The van der Waals surface area contributed by atoms with Gasteiger partial charge in [0.1, 0.15) is 5.82 Å². The number of thiophene rings is 1. The molecule has 33 heavy (non-hydrogen) atoms. The fourth-order valence-corrected chi connectivity index (χ4v) is 6.08. The standard InChI is InChI=1S/C26H31ClN4OS/c1-18-14-25(31-12-8-21(9-13-31)30-10-2-3-11-30)29-23-6-5-20(16-22(18)23)28-26(32)7-4-19-15-24(27)33-17-19/h5-6,14-17,21H,2-4,7-13H2,1H3,(H,28,32). The lowest BCUT2D eigenvalue weighted by Gasteiger charge is -2.37. The summed E-state index contributed by atoms with van der Waals surface area (Å²) in [5.41, 5.74) is 4.11. The van der Waals surface area contributed by atoms with Crippen molar-refractivity contribution in [2.75, 3.05) is 36.4 Å². The number of fused-ring (bicyclic) bond motifs is 1. The van der Waals surface area contributed by atoms with Crippen LogP contribution in [0.25, 0.3) is 10.9 Å². The number of piperidine rings is 1. The number of likely N-dealkylation sites (tertiary alicyclic amines) is 1. The zero-order valence-electron chi connectivity index (χ0n) is 19.1. The maximum atomic E-state index is 12.4. The SMILES string of the molecule is Cc1cc(N2CCC(N3CCCC3)CC2)nc2ccc(NC(=O)CCc3csc(Cl)c3)cc12. The van der Waals surface area contributed by atoms with Gasteiger partial charge in [-0.3, -0.25) is 4.79 Å². The van der Waals surface area contributed by atoms with Crippen LogP contribution in [-0.4, -0.2) is 48.0 Å². The number of hydrogen-bond acceptors (Lipinski definition) is 5. The van der Waals surface area contributed by atoms with E-state index >= 15 is 0 Å². The summed E-state index contributed by atoms with van der Waals surface area (Å²) in [7, 11) is 0. The molecule has 0 saturated carbocycles. The van der Waals surface area contributed by atoms with Gasteiger partial charge in [-0.15, -0.1) is 11.3 Å². The van der Waals surface area contributed by atoms with Crippen LogP contribution in [0.5, 0.6) is 0 Å². The Balaban J connectivity index is 1.22. The van der Waals surface area contributed by atoms with Gasteiger partial charge in [-0.25, -0.2) is 4.98 Å². The Morgan fingerprint density at radius 3 is 2.67 bits per heavy atom. The molecule has 2 aliphatic heterocycles. The van der Waals surface area contributed by atoms with Gasteiger partial charge in [0.2, 0.25) is 5.91 Å². The van der Waals surface area contributed by atoms with E-state index in [0.29, 0.717) is 12.8 Å². The topological polar surface area (TPSA) is 48.5 Å². The number of carbonyl (C=O) groups is 1. The van der Waals surface area contributed by atoms with E-state index in [1.807, 2.05) is 29.6 Å². The third kappa shape index (κ3) is 5.34. The molecule has 5 rings (SSSR count). The maximum absolute atomic E-state index is 12.4. The van der Waals surface area contributed by atoms with Gasteiger partial charge in [-0.05, 0) is 99.0 Å². The number of carbonyl (C=O) groups excluding carboxylic acids is 1. The summed E-state index contributed by atoms with van der Waals surface area (Å²) >= 11 is 7.48. The number of nitrogens with zero attached hydrogens (tertiary/aromatic N) is 3. The molecule has 3 aromatic rings. The summed E-state index contributed by atoms with van der Waals surface area (Å²) in [4.78, 5) is 22.5. The number of benzene rings is 1. The first-order chi connectivity index (χ1) is 16.0. The van der Waals surface area contributed by atoms with E-state index in [9.17, 15) is 4.79 Å². The van der Waals surface area contributed by atoms with Gasteiger partial charge in [0, 0.05) is 36.6 Å². The van der Waals surface area contributed by atoms with Gasteiger partial charge in [0.25, 0.3) is 0 Å². The van der Waals surface area contributed by atoms with Crippen molar-refractivity contribution in [3.05, 3.63) is 51.2 Å². The molecule has 0 radical (unpaired) electrons. The minimum Gasteiger partial charge on any atom is -0.356 e. The second-order valence-corrected chi connectivity index (χ2v) is 10.8. The summed E-state index contributed by atoms with van der Waals surface area (Å²) in [6, 6.07) is 10.9. The van der Waals surface area contributed by atoms with Crippen LogP contribution < -0.4 is 10.2 Å². The molecule has 1 amide bonds. The summed E-state index contributed by atoms with van der Waals surface area (Å²) in [5, 5.41) is 6.13. The molecule has 0 atom stereocenters. The highest BCUT2D eigenvalue weighted by Crippen LogP contribution is 2.29. The van der Waals surface area contributed by atoms with Crippen LogP contribution in [0.1, 0.15) is 43.2 Å². The van der Waals surface area contributed by atoms with Crippen molar-refractivity contribution in [1.29, 1.82) is 0 Å². The molecule has 5 nitrogen and oxygen atoms in total. The van der Waals surface area contributed by atoms with Crippen LogP contribution in [0, 0.1) is 6.92 Å². The average Bonchev–Trinajstić information content (AvgIpc) is 3.50. The van der Waals surface area contributed by atoms with Crippen molar-refractivity contribution < 1.29 is 4.79 Å². The average molecular weight is 483 g/mol. The highest BCUT2D eigenvalue weighted by molar-refractivity contribution is 7.14. The maximum Gasteiger partial charge on any atom is 0.224 e. The van der Waals surface area contributed by atoms with Crippen LogP contribution in [-0.2, 0) is 11.2 Å². The lowest BCUT2D eigenvalue weighted by Crippen LogP contribution is -2.44. The van der Waals surface area contributed by atoms with E-state index in [0.717, 1.165) is 51.4 Å². The highest BCUT2D eigenvalue weighted by atomic mass is 35.5. The predicted molar refractivity (Wildman–Crippen MR) is 139 cm³/mol. The molecule has 1 aromatic carbocycles. The Morgan fingerprint density at radius 2 is 1.94 bits per heavy atom. The Kier molecular flexibility index (Phi) is 6.86. The number of hydrogen-bond donors (Lipinski definition) is 1. The lowest BCUT2D eigenvalue weighted by atomic mass is 10.0. The summed E-state index contributed by atoms with van der Waals surface area (Å²) in [6.07, 6.45) is 6.30. The van der Waals surface area contributed by atoms with Crippen molar-refractivity contribution in [3.63, 3.8) is 0 Å². The van der Waals surface area contributed by atoms with E-state index in [4.69, 9.17) is 16.6 Å². The minimum atomic E-state index is 0.0137. The van der Waals surface area contributed by atoms with Crippen LogP contribution in [0.3, 0.4) is 0 Å². The monoisotopic (exact) mass is 482 g/mol. The summed E-state index contributed by atoms with van der Waals surface area (Å²) in [5.74, 6) is 1.09. The molecule has 2 saturated heterocycles. The molecular formula is C26H31ClN4OS. The first-order valence-corrected chi connectivity index (χ1v) is 13.2. The Bertz CT molecular complexity index is 1130. The number of aryl methyl sites for hydroxylation is 2. The number of nitrogens with one attached hydrogen (secondary N) is 1. The number of rotatable bonds is 6. The normalized spacial score (nSPS) is 17.7.